The number of carbonyl (C=O) groups excluding carboxylic acids is 1. The molecule has 0 saturated carbocycles. The SMILES string of the molecule is O=C(NCc1ccc(F)cc1)c1ccc(NCCC2=CCCCC2)cn1. The second kappa shape index (κ2) is 9.13. The van der Waals surface area contributed by atoms with Crippen molar-refractivity contribution in [3.8, 4) is 0 Å². The highest BCUT2D eigenvalue weighted by Crippen LogP contribution is 2.20. The van der Waals surface area contributed by atoms with Crippen LogP contribution in [0.2, 0.25) is 0 Å². The number of pyridine rings is 1. The Kier molecular flexibility index (Phi) is 6.36. The lowest BCUT2D eigenvalue weighted by Crippen LogP contribution is -2.23. The Morgan fingerprint density at radius 3 is 2.65 bits per heavy atom. The first-order valence-corrected chi connectivity index (χ1v) is 9.11. The highest BCUT2D eigenvalue weighted by atomic mass is 19.1. The standard InChI is InChI=1S/C21H24FN3O/c22-18-8-6-17(7-9-18)14-25-21(26)20-11-10-19(15-24-20)23-13-12-16-4-2-1-3-5-16/h4,6-11,15,23H,1-3,5,12-14H2,(H,25,26). The Labute approximate surface area is 153 Å². The molecule has 0 unspecified atom stereocenters. The van der Waals surface area contributed by atoms with Crippen molar-refractivity contribution >= 4 is 11.6 Å². The molecule has 4 nitrogen and oxygen atoms in total. The smallest absolute Gasteiger partial charge is 0.270 e. The second-order valence-corrected chi connectivity index (χ2v) is 6.53. The summed E-state index contributed by atoms with van der Waals surface area (Å²) in [5, 5.41) is 6.14. The highest BCUT2D eigenvalue weighted by molar-refractivity contribution is 5.92. The molecule has 0 atom stereocenters. The minimum Gasteiger partial charge on any atom is -0.383 e. The predicted molar refractivity (Wildman–Crippen MR) is 101 cm³/mol. The van der Waals surface area contributed by atoms with Gasteiger partial charge >= 0.3 is 0 Å². The number of hydrogen-bond acceptors (Lipinski definition) is 3. The summed E-state index contributed by atoms with van der Waals surface area (Å²) in [5.41, 5.74) is 3.66. The molecule has 2 aromatic rings. The molecule has 1 aromatic carbocycles. The van der Waals surface area contributed by atoms with E-state index in [2.05, 4.69) is 21.7 Å². The van der Waals surface area contributed by atoms with Crippen LogP contribution in [-0.2, 0) is 6.54 Å². The van der Waals surface area contributed by atoms with Crippen LogP contribution in [0.4, 0.5) is 10.1 Å². The zero-order valence-electron chi connectivity index (χ0n) is 14.8. The van der Waals surface area contributed by atoms with Gasteiger partial charge in [-0.1, -0.05) is 23.8 Å². The van der Waals surface area contributed by atoms with Crippen molar-refractivity contribution in [3.63, 3.8) is 0 Å². The minimum absolute atomic E-state index is 0.242. The zero-order valence-corrected chi connectivity index (χ0v) is 14.8. The van der Waals surface area contributed by atoms with Crippen molar-refractivity contribution in [1.82, 2.24) is 10.3 Å². The summed E-state index contributed by atoms with van der Waals surface area (Å²) in [6, 6.07) is 9.64. The van der Waals surface area contributed by atoms with E-state index >= 15 is 0 Å². The monoisotopic (exact) mass is 353 g/mol. The largest absolute Gasteiger partial charge is 0.383 e. The molecule has 0 aliphatic heterocycles. The number of halogens is 1. The molecule has 2 N–H and O–H groups in total. The van der Waals surface area contributed by atoms with E-state index in [-0.39, 0.29) is 11.7 Å². The number of carbonyl (C=O) groups is 1. The lowest BCUT2D eigenvalue weighted by Gasteiger charge is -2.13. The van der Waals surface area contributed by atoms with Gasteiger partial charge in [-0.2, -0.15) is 0 Å². The van der Waals surface area contributed by atoms with Gasteiger partial charge in [-0.15, -0.1) is 0 Å². The lowest BCUT2D eigenvalue weighted by atomic mass is 9.97. The number of nitrogens with one attached hydrogen (secondary N) is 2. The normalized spacial score (nSPS) is 13.8. The fourth-order valence-electron chi connectivity index (χ4n) is 3.01. The Morgan fingerprint density at radius 1 is 1.12 bits per heavy atom. The third-order valence-electron chi connectivity index (χ3n) is 4.52. The third-order valence-corrected chi connectivity index (χ3v) is 4.52. The summed E-state index contributed by atoms with van der Waals surface area (Å²) in [6.07, 6.45) is 10.1. The van der Waals surface area contributed by atoms with Crippen molar-refractivity contribution < 1.29 is 9.18 Å². The van der Waals surface area contributed by atoms with Gasteiger partial charge < -0.3 is 10.6 Å². The van der Waals surface area contributed by atoms with Crippen LogP contribution in [-0.4, -0.2) is 17.4 Å². The zero-order chi connectivity index (χ0) is 18.2. The topological polar surface area (TPSA) is 54.0 Å². The molecular formula is C21H24FN3O. The number of nitrogens with zero attached hydrogens (tertiary/aromatic N) is 1. The number of aromatic nitrogens is 1. The van der Waals surface area contributed by atoms with E-state index in [4.69, 9.17) is 0 Å². The van der Waals surface area contributed by atoms with Gasteiger partial charge in [0.15, 0.2) is 0 Å². The molecule has 0 fully saturated rings. The Hall–Kier alpha value is -2.69. The van der Waals surface area contributed by atoms with Crippen molar-refractivity contribution in [2.75, 3.05) is 11.9 Å². The number of benzene rings is 1. The van der Waals surface area contributed by atoms with Crippen LogP contribution >= 0.6 is 0 Å². The van der Waals surface area contributed by atoms with Crippen LogP contribution < -0.4 is 10.6 Å². The van der Waals surface area contributed by atoms with Crippen LogP contribution in [0, 0.1) is 5.82 Å². The second-order valence-electron chi connectivity index (χ2n) is 6.53. The molecule has 1 aromatic heterocycles. The van der Waals surface area contributed by atoms with Crippen LogP contribution in [0.1, 0.15) is 48.2 Å². The maximum atomic E-state index is 12.9. The van der Waals surface area contributed by atoms with E-state index in [1.165, 1.54) is 43.4 Å². The van der Waals surface area contributed by atoms with Gasteiger partial charge in [0.05, 0.1) is 11.9 Å². The van der Waals surface area contributed by atoms with E-state index in [1.807, 2.05) is 6.07 Å². The van der Waals surface area contributed by atoms with Crippen molar-refractivity contribution in [2.24, 2.45) is 0 Å². The molecule has 3 rings (SSSR count). The van der Waals surface area contributed by atoms with E-state index < -0.39 is 0 Å². The van der Waals surface area contributed by atoms with Gasteiger partial charge in [0.2, 0.25) is 0 Å². The Bertz CT molecular complexity index is 754. The van der Waals surface area contributed by atoms with E-state index in [0.717, 1.165) is 24.2 Å². The molecule has 136 valence electrons. The van der Waals surface area contributed by atoms with Crippen LogP contribution in [0.25, 0.3) is 0 Å². The van der Waals surface area contributed by atoms with E-state index in [1.54, 1.807) is 24.4 Å². The number of anilines is 1. The van der Waals surface area contributed by atoms with Gasteiger partial charge in [-0.3, -0.25) is 4.79 Å². The molecule has 0 bridgehead atoms. The number of allylic oxidation sites excluding steroid dienone is 1. The molecular weight excluding hydrogens is 329 g/mol. The van der Waals surface area contributed by atoms with E-state index in [0.29, 0.717) is 12.2 Å². The fourth-order valence-corrected chi connectivity index (χ4v) is 3.01. The first kappa shape index (κ1) is 18.1. The summed E-state index contributed by atoms with van der Waals surface area (Å²) >= 11 is 0. The molecule has 5 heteroatoms. The average Bonchev–Trinajstić information content (AvgIpc) is 2.69. The van der Waals surface area contributed by atoms with Gasteiger partial charge in [0.1, 0.15) is 11.5 Å². The number of amides is 1. The first-order chi connectivity index (χ1) is 12.7. The average molecular weight is 353 g/mol. The van der Waals surface area contributed by atoms with Crippen molar-refractivity contribution in [3.05, 3.63) is 71.3 Å². The summed E-state index contributed by atoms with van der Waals surface area (Å²) in [6.45, 7) is 1.22. The molecule has 0 spiro atoms. The Balaban J connectivity index is 1.44. The van der Waals surface area contributed by atoms with Crippen LogP contribution in [0.15, 0.2) is 54.2 Å². The number of rotatable bonds is 7. The van der Waals surface area contributed by atoms with Crippen LogP contribution in [0.5, 0.6) is 0 Å². The third kappa shape index (κ3) is 5.41. The minimum atomic E-state index is -0.287. The maximum absolute atomic E-state index is 12.9. The van der Waals surface area contributed by atoms with Gasteiger partial charge in [-0.05, 0) is 61.9 Å². The van der Waals surface area contributed by atoms with Crippen LogP contribution in [0.3, 0.4) is 0 Å². The number of hydrogen-bond donors (Lipinski definition) is 2. The summed E-state index contributed by atoms with van der Waals surface area (Å²) in [5.74, 6) is -0.530. The quantitative estimate of drug-likeness (QED) is 0.723. The van der Waals surface area contributed by atoms with Gasteiger partial charge in [0, 0.05) is 13.1 Å². The molecule has 1 heterocycles. The van der Waals surface area contributed by atoms with E-state index in [9.17, 15) is 9.18 Å². The molecule has 1 aliphatic rings. The predicted octanol–water partition coefficient (Wildman–Crippen LogP) is 4.45. The van der Waals surface area contributed by atoms with Gasteiger partial charge in [0.25, 0.3) is 5.91 Å². The summed E-state index contributed by atoms with van der Waals surface area (Å²) in [4.78, 5) is 16.4. The summed E-state index contributed by atoms with van der Waals surface area (Å²) in [7, 11) is 0. The van der Waals surface area contributed by atoms with Crippen molar-refractivity contribution in [1.29, 1.82) is 0 Å². The molecule has 1 amide bonds. The fraction of sp³-hybridized carbons (Fsp3) is 0.333. The van der Waals surface area contributed by atoms with Crippen molar-refractivity contribution in [2.45, 2.75) is 38.6 Å². The Morgan fingerprint density at radius 2 is 1.96 bits per heavy atom. The molecule has 26 heavy (non-hydrogen) atoms. The highest BCUT2D eigenvalue weighted by Gasteiger charge is 2.07. The summed E-state index contributed by atoms with van der Waals surface area (Å²) < 4.78 is 12.9. The first-order valence-electron chi connectivity index (χ1n) is 9.11. The lowest BCUT2D eigenvalue weighted by molar-refractivity contribution is 0.0946. The maximum Gasteiger partial charge on any atom is 0.270 e. The molecule has 0 radical (unpaired) electrons. The van der Waals surface area contributed by atoms with Gasteiger partial charge in [-0.25, -0.2) is 9.37 Å². The molecule has 1 aliphatic carbocycles. The molecule has 0 saturated heterocycles.